The number of fused-ring (bicyclic) bond motifs is 1. The highest BCUT2D eigenvalue weighted by Gasteiger charge is 2.21. The predicted octanol–water partition coefficient (Wildman–Crippen LogP) is 6.20. The molecular formula is C26H22Br2N2O4S. The Morgan fingerprint density at radius 3 is 2.37 bits per heavy atom. The van der Waals surface area contributed by atoms with Gasteiger partial charge in [0.2, 0.25) is 10.0 Å². The first-order valence-electron chi connectivity index (χ1n) is 10.6. The summed E-state index contributed by atoms with van der Waals surface area (Å²) >= 11 is 7.01. The number of halogens is 2. The molecular weight excluding hydrogens is 596 g/mol. The zero-order valence-corrected chi connectivity index (χ0v) is 22.7. The molecule has 0 bridgehead atoms. The normalized spacial score (nSPS) is 11.5. The Morgan fingerprint density at radius 2 is 1.66 bits per heavy atom. The molecule has 0 fully saturated rings. The minimum atomic E-state index is -3.67. The molecule has 0 heterocycles. The van der Waals surface area contributed by atoms with Crippen LogP contribution in [0.5, 0.6) is 5.75 Å². The maximum Gasteiger partial charge on any atom is 0.262 e. The van der Waals surface area contributed by atoms with Gasteiger partial charge in [0.1, 0.15) is 5.75 Å². The van der Waals surface area contributed by atoms with Gasteiger partial charge in [-0.05, 0) is 74.7 Å². The Morgan fingerprint density at radius 1 is 0.943 bits per heavy atom. The monoisotopic (exact) mass is 616 g/mol. The van der Waals surface area contributed by atoms with Gasteiger partial charge in [0.15, 0.2) is 6.61 Å². The summed E-state index contributed by atoms with van der Waals surface area (Å²) in [5.41, 5.74) is 1.37. The second kappa shape index (κ2) is 10.9. The minimum absolute atomic E-state index is 0.150. The van der Waals surface area contributed by atoms with Crippen LogP contribution in [0.4, 0.5) is 5.69 Å². The van der Waals surface area contributed by atoms with Crippen molar-refractivity contribution in [2.45, 2.75) is 11.4 Å². The van der Waals surface area contributed by atoms with Gasteiger partial charge >= 0.3 is 0 Å². The fourth-order valence-corrected chi connectivity index (χ4v) is 5.66. The summed E-state index contributed by atoms with van der Waals surface area (Å²) in [5, 5.41) is 4.74. The van der Waals surface area contributed by atoms with E-state index in [0.717, 1.165) is 25.3 Å². The molecule has 6 nitrogen and oxygen atoms in total. The zero-order chi connectivity index (χ0) is 25.0. The van der Waals surface area contributed by atoms with Crippen LogP contribution < -0.4 is 10.1 Å². The largest absolute Gasteiger partial charge is 0.483 e. The molecule has 0 saturated heterocycles. The van der Waals surface area contributed by atoms with Crippen molar-refractivity contribution in [3.05, 3.63) is 99.4 Å². The van der Waals surface area contributed by atoms with E-state index < -0.39 is 10.0 Å². The lowest BCUT2D eigenvalue weighted by Gasteiger charge is -2.17. The van der Waals surface area contributed by atoms with Gasteiger partial charge in [0.25, 0.3) is 5.91 Å². The number of hydrogen-bond donors (Lipinski definition) is 1. The van der Waals surface area contributed by atoms with Gasteiger partial charge in [0, 0.05) is 23.8 Å². The molecule has 0 spiro atoms. The molecule has 35 heavy (non-hydrogen) atoms. The van der Waals surface area contributed by atoms with E-state index in [9.17, 15) is 13.2 Å². The lowest BCUT2D eigenvalue weighted by molar-refractivity contribution is -0.118. The zero-order valence-electron chi connectivity index (χ0n) is 18.7. The number of anilines is 1. The van der Waals surface area contributed by atoms with Gasteiger partial charge in [-0.1, -0.05) is 58.4 Å². The van der Waals surface area contributed by atoms with Crippen molar-refractivity contribution in [2.75, 3.05) is 19.0 Å². The van der Waals surface area contributed by atoms with Crippen molar-refractivity contribution in [3.63, 3.8) is 0 Å². The van der Waals surface area contributed by atoms with Crippen molar-refractivity contribution >= 4 is 64.3 Å². The first-order valence-corrected chi connectivity index (χ1v) is 13.7. The Labute approximate surface area is 221 Å². The van der Waals surface area contributed by atoms with E-state index >= 15 is 0 Å². The third-order valence-electron chi connectivity index (χ3n) is 5.33. The quantitative estimate of drug-likeness (QED) is 0.255. The summed E-state index contributed by atoms with van der Waals surface area (Å²) in [4.78, 5) is 12.6. The predicted molar refractivity (Wildman–Crippen MR) is 145 cm³/mol. The van der Waals surface area contributed by atoms with Crippen molar-refractivity contribution in [2.24, 2.45) is 0 Å². The van der Waals surface area contributed by atoms with E-state index in [1.54, 1.807) is 25.2 Å². The number of sulfonamides is 1. The van der Waals surface area contributed by atoms with Crippen LogP contribution in [0, 0.1) is 0 Å². The number of nitrogens with one attached hydrogen (secondary N) is 1. The average Bonchev–Trinajstić information content (AvgIpc) is 2.84. The molecule has 0 aromatic heterocycles. The van der Waals surface area contributed by atoms with E-state index in [-0.39, 0.29) is 24.0 Å². The third kappa shape index (κ3) is 6.10. The van der Waals surface area contributed by atoms with E-state index in [2.05, 4.69) is 37.2 Å². The number of rotatable bonds is 8. The fraction of sp³-hybridized carbons (Fsp3) is 0.115. The highest BCUT2D eigenvalue weighted by Crippen LogP contribution is 2.34. The van der Waals surface area contributed by atoms with Crippen LogP contribution in [0.15, 0.2) is 98.8 Å². The van der Waals surface area contributed by atoms with E-state index in [1.165, 1.54) is 16.4 Å². The first kappa shape index (κ1) is 25.4. The lowest BCUT2D eigenvalue weighted by Crippen LogP contribution is -2.26. The number of carbonyl (C=O) groups excluding carboxylic acids is 1. The van der Waals surface area contributed by atoms with Crippen LogP contribution in [-0.4, -0.2) is 32.3 Å². The van der Waals surface area contributed by atoms with Crippen molar-refractivity contribution in [3.8, 4) is 5.75 Å². The molecule has 0 atom stereocenters. The highest BCUT2D eigenvalue weighted by molar-refractivity contribution is 9.11. The standard InChI is InChI=1S/C26H22Br2N2O4S/c1-30(16-18-5-3-2-4-6-18)35(32,33)22-11-9-21(10-12-22)29-25(31)17-34-24-14-7-19-15-20(27)8-13-23(19)26(24)28/h2-15H,16-17H2,1H3,(H,29,31). The first-order chi connectivity index (χ1) is 16.7. The van der Waals surface area contributed by atoms with Crippen molar-refractivity contribution in [1.29, 1.82) is 0 Å². The molecule has 0 aliphatic heterocycles. The highest BCUT2D eigenvalue weighted by atomic mass is 79.9. The second-order valence-corrected chi connectivity index (χ2v) is 11.6. The number of carbonyl (C=O) groups is 1. The maximum absolute atomic E-state index is 12.9. The molecule has 1 amide bonds. The van der Waals surface area contributed by atoms with Crippen LogP contribution in [0.3, 0.4) is 0 Å². The summed E-state index contributed by atoms with van der Waals surface area (Å²) in [5.74, 6) is 0.197. The van der Waals surface area contributed by atoms with Gasteiger partial charge in [-0.2, -0.15) is 4.31 Å². The molecule has 4 aromatic rings. The SMILES string of the molecule is CN(Cc1ccccc1)S(=O)(=O)c1ccc(NC(=O)COc2ccc3cc(Br)ccc3c2Br)cc1. The number of hydrogen-bond acceptors (Lipinski definition) is 4. The number of benzene rings is 4. The van der Waals surface area contributed by atoms with Crippen LogP contribution in [0.1, 0.15) is 5.56 Å². The number of ether oxygens (including phenoxy) is 1. The molecule has 180 valence electrons. The summed E-state index contributed by atoms with van der Waals surface area (Å²) in [6.45, 7) is 0.0705. The van der Waals surface area contributed by atoms with Gasteiger partial charge in [-0.15, -0.1) is 0 Å². The van der Waals surface area contributed by atoms with Gasteiger partial charge < -0.3 is 10.1 Å². The Bertz CT molecular complexity index is 1460. The van der Waals surface area contributed by atoms with Gasteiger partial charge in [-0.25, -0.2) is 8.42 Å². The van der Waals surface area contributed by atoms with Gasteiger partial charge in [-0.3, -0.25) is 4.79 Å². The molecule has 4 aromatic carbocycles. The lowest BCUT2D eigenvalue weighted by atomic mass is 10.1. The van der Waals surface area contributed by atoms with Crippen LogP contribution in [-0.2, 0) is 21.4 Å². The Kier molecular flexibility index (Phi) is 7.91. The minimum Gasteiger partial charge on any atom is -0.483 e. The summed E-state index contributed by atoms with van der Waals surface area (Å²) in [6, 6.07) is 25.1. The third-order valence-corrected chi connectivity index (χ3v) is 8.46. The number of amides is 1. The van der Waals surface area contributed by atoms with Gasteiger partial charge in [0.05, 0.1) is 9.37 Å². The molecule has 0 unspecified atom stereocenters. The maximum atomic E-state index is 12.9. The molecule has 0 saturated carbocycles. The molecule has 1 N–H and O–H groups in total. The van der Waals surface area contributed by atoms with E-state index in [0.29, 0.717) is 11.4 Å². The molecule has 4 rings (SSSR count). The fourth-order valence-electron chi connectivity index (χ4n) is 3.51. The molecule has 0 aliphatic rings. The Hall–Kier alpha value is -2.72. The summed E-state index contributed by atoms with van der Waals surface area (Å²) in [6.07, 6.45) is 0. The van der Waals surface area contributed by atoms with E-state index in [4.69, 9.17) is 4.74 Å². The average molecular weight is 618 g/mol. The van der Waals surface area contributed by atoms with E-state index in [1.807, 2.05) is 54.6 Å². The smallest absolute Gasteiger partial charge is 0.262 e. The topological polar surface area (TPSA) is 75.7 Å². The molecule has 0 radical (unpaired) electrons. The number of nitrogens with zero attached hydrogens (tertiary/aromatic N) is 1. The summed E-state index contributed by atoms with van der Waals surface area (Å²) < 4.78 is 34.5. The second-order valence-electron chi connectivity index (χ2n) is 7.85. The molecule has 9 heteroatoms. The van der Waals surface area contributed by atoms with Crippen LogP contribution in [0.2, 0.25) is 0 Å². The molecule has 0 aliphatic carbocycles. The van der Waals surface area contributed by atoms with Crippen LogP contribution >= 0.6 is 31.9 Å². The summed E-state index contributed by atoms with van der Waals surface area (Å²) in [7, 11) is -2.13. The van der Waals surface area contributed by atoms with Crippen molar-refractivity contribution < 1.29 is 17.9 Å². The van der Waals surface area contributed by atoms with Crippen LogP contribution in [0.25, 0.3) is 10.8 Å². The van der Waals surface area contributed by atoms with Crippen molar-refractivity contribution in [1.82, 2.24) is 4.31 Å². The Balaban J connectivity index is 1.37.